The van der Waals surface area contributed by atoms with Crippen molar-refractivity contribution in [3.8, 4) is 0 Å². The molecule has 1 saturated heterocycles. The Balaban J connectivity index is 1.76. The zero-order valence-corrected chi connectivity index (χ0v) is 20.2. The van der Waals surface area contributed by atoms with Crippen LogP contribution in [0.5, 0.6) is 0 Å². The minimum atomic E-state index is -0.618. The van der Waals surface area contributed by atoms with Crippen molar-refractivity contribution < 1.29 is 19.2 Å². The van der Waals surface area contributed by atoms with Gasteiger partial charge in [0.25, 0.3) is 11.6 Å². The number of aromatic nitrogens is 1. The third-order valence-corrected chi connectivity index (χ3v) is 7.01. The predicted molar refractivity (Wildman–Crippen MR) is 129 cm³/mol. The molecule has 9 nitrogen and oxygen atoms in total. The van der Waals surface area contributed by atoms with Crippen molar-refractivity contribution in [2.45, 2.75) is 25.8 Å². The van der Waals surface area contributed by atoms with E-state index in [4.69, 9.17) is 4.74 Å². The van der Waals surface area contributed by atoms with Crippen molar-refractivity contribution in [3.05, 3.63) is 61.4 Å². The van der Waals surface area contributed by atoms with Crippen LogP contribution in [0, 0.1) is 10.1 Å². The average Bonchev–Trinajstić information content (AvgIpc) is 3.14. The molecule has 11 heteroatoms. The highest BCUT2D eigenvalue weighted by Crippen LogP contribution is 2.31. The standard InChI is InChI=1S/C22H21BrN4O5S/c1-32-20(28)13-26-17-8-6-15(23)12-19(17)33-22(26)24-21(29)14-5-7-16(18(11-14)27(30)31)25-9-3-2-4-10-25/h5-8,11-12H,2-4,9-10,13H2,1H3. The number of hydrogen-bond donors (Lipinski definition) is 0. The first-order valence-electron chi connectivity index (χ1n) is 10.4. The zero-order valence-electron chi connectivity index (χ0n) is 17.8. The van der Waals surface area contributed by atoms with Crippen molar-refractivity contribution >= 4 is 60.7 Å². The van der Waals surface area contributed by atoms with Gasteiger partial charge in [-0.25, -0.2) is 0 Å². The number of ether oxygens (including phenoxy) is 1. The summed E-state index contributed by atoms with van der Waals surface area (Å²) in [5, 5.41) is 11.7. The van der Waals surface area contributed by atoms with E-state index in [9.17, 15) is 19.7 Å². The predicted octanol–water partition coefficient (Wildman–Crippen LogP) is 4.28. The molecule has 1 fully saturated rings. The van der Waals surface area contributed by atoms with Crippen LogP contribution in [0.4, 0.5) is 11.4 Å². The zero-order chi connectivity index (χ0) is 23.5. The Morgan fingerprint density at radius 1 is 1.18 bits per heavy atom. The molecule has 4 rings (SSSR count). The molecular formula is C22H21BrN4O5S. The van der Waals surface area contributed by atoms with Gasteiger partial charge in [0, 0.05) is 29.2 Å². The molecule has 0 N–H and O–H groups in total. The molecule has 1 aliphatic heterocycles. The summed E-state index contributed by atoms with van der Waals surface area (Å²) in [6.07, 6.45) is 3.07. The first kappa shape index (κ1) is 23.1. The quantitative estimate of drug-likeness (QED) is 0.275. The minimum Gasteiger partial charge on any atom is -0.468 e. The number of nitro groups is 1. The summed E-state index contributed by atoms with van der Waals surface area (Å²) >= 11 is 4.67. The molecule has 0 unspecified atom stereocenters. The van der Waals surface area contributed by atoms with E-state index in [1.807, 2.05) is 23.1 Å². The Morgan fingerprint density at radius 3 is 2.64 bits per heavy atom. The van der Waals surface area contributed by atoms with E-state index in [2.05, 4.69) is 20.9 Å². The van der Waals surface area contributed by atoms with E-state index in [0.717, 1.165) is 47.0 Å². The van der Waals surface area contributed by atoms with Gasteiger partial charge in [-0.3, -0.25) is 19.7 Å². The van der Waals surface area contributed by atoms with E-state index in [1.54, 1.807) is 16.7 Å². The number of fused-ring (bicyclic) bond motifs is 1. The summed E-state index contributed by atoms with van der Waals surface area (Å²) in [6, 6.07) is 9.99. The molecule has 1 amide bonds. The first-order valence-corrected chi connectivity index (χ1v) is 12.0. The van der Waals surface area contributed by atoms with Crippen molar-refractivity contribution in [1.29, 1.82) is 0 Å². The molecule has 172 valence electrons. The van der Waals surface area contributed by atoms with Gasteiger partial charge in [-0.2, -0.15) is 4.99 Å². The molecule has 1 aromatic heterocycles. The fourth-order valence-electron chi connectivity index (χ4n) is 3.84. The van der Waals surface area contributed by atoms with Crippen LogP contribution in [0.2, 0.25) is 0 Å². The Hall–Kier alpha value is -3.05. The molecule has 1 aliphatic rings. The molecule has 3 aromatic rings. The third-order valence-electron chi connectivity index (χ3n) is 5.47. The highest BCUT2D eigenvalue weighted by molar-refractivity contribution is 9.10. The van der Waals surface area contributed by atoms with Crippen molar-refractivity contribution in [1.82, 2.24) is 4.57 Å². The lowest BCUT2D eigenvalue weighted by Crippen LogP contribution is -2.30. The first-order chi connectivity index (χ1) is 15.9. The Bertz CT molecular complexity index is 1310. The highest BCUT2D eigenvalue weighted by atomic mass is 79.9. The van der Waals surface area contributed by atoms with Gasteiger partial charge >= 0.3 is 5.97 Å². The molecule has 0 saturated carbocycles. The fraction of sp³-hybridized carbons (Fsp3) is 0.318. The second-order valence-electron chi connectivity index (χ2n) is 7.58. The van der Waals surface area contributed by atoms with E-state index in [0.29, 0.717) is 10.5 Å². The smallest absolute Gasteiger partial charge is 0.325 e. The maximum atomic E-state index is 13.0. The van der Waals surface area contributed by atoms with Crippen LogP contribution >= 0.6 is 27.3 Å². The Morgan fingerprint density at radius 2 is 1.94 bits per heavy atom. The molecule has 0 bridgehead atoms. The second-order valence-corrected chi connectivity index (χ2v) is 9.51. The van der Waals surface area contributed by atoms with E-state index in [1.165, 1.54) is 24.5 Å². The van der Waals surface area contributed by atoms with Crippen LogP contribution in [0.1, 0.15) is 29.6 Å². The monoisotopic (exact) mass is 532 g/mol. The van der Waals surface area contributed by atoms with E-state index in [-0.39, 0.29) is 17.8 Å². The van der Waals surface area contributed by atoms with E-state index < -0.39 is 16.8 Å². The number of thiazole rings is 1. The molecule has 2 heterocycles. The lowest BCUT2D eigenvalue weighted by Gasteiger charge is -2.28. The number of nitrogens with zero attached hydrogens (tertiary/aromatic N) is 4. The number of carbonyl (C=O) groups excluding carboxylic acids is 2. The SMILES string of the molecule is COC(=O)Cn1c(=NC(=O)c2ccc(N3CCCCC3)c([N+](=O)[O-])c2)sc2cc(Br)ccc21. The Kier molecular flexibility index (Phi) is 6.89. The van der Waals surface area contributed by atoms with Gasteiger partial charge in [0.2, 0.25) is 0 Å². The van der Waals surface area contributed by atoms with Crippen molar-refractivity contribution in [2.75, 3.05) is 25.1 Å². The summed E-state index contributed by atoms with van der Waals surface area (Å²) in [5.74, 6) is -1.10. The second kappa shape index (κ2) is 9.84. The van der Waals surface area contributed by atoms with Crippen LogP contribution in [0.3, 0.4) is 0 Å². The van der Waals surface area contributed by atoms with Gasteiger partial charge in [0.1, 0.15) is 12.2 Å². The van der Waals surface area contributed by atoms with Gasteiger partial charge < -0.3 is 14.2 Å². The summed E-state index contributed by atoms with van der Waals surface area (Å²) in [5.41, 5.74) is 1.25. The van der Waals surface area contributed by atoms with Crippen LogP contribution in [-0.4, -0.2) is 41.6 Å². The number of benzene rings is 2. The number of hydrogen-bond acceptors (Lipinski definition) is 7. The molecule has 0 spiro atoms. The summed E-state index contributed by atoms with van der Waals surface area (Å²) in [6.45, 7) is 1.39. The number of carbonyl (C=O) groups is 2. The van der Waals surface area contributed by atoms with Gasteiger partial charge in [-0.05, 0) is 49.6 Å². The van der Waals surface area contributed by atoms with Gasteiger partial charge in [-0.15, -0.1) is 0 Å². The van der Waals surface area contributed by atoms with Crippen LogP contribution in [0.25, 0.3) is 10.2 Å². The van der Waals surface area contributed by atoms with Crippen LogP contribution in [-0.2, 0) is 16.1 Å². The summed E-state index contributed by atoms with van der Waals surface area (Å²) in [7, 11) is 1.29. The maximum absolute atomic E-state index is 13.0. The van der Waals surface area contributed by atoms with Crippen molar-refractivity contribution in [2.24, 2.45) is 4.99 Å². The van der Waals surface area contributed by atoms with Crippen LogP contribution < -0.4 is 9.70 Å². The molecule has 2 aromatic carbocycles. The lowest BCUT2D eigenvalue weighted by atomic mass is 10.1. The van der Waals surface area contributed by atoms with Crippen molar-refractivity contribution in [3.63, 3.8) is 0 Å². The highest BCUT2D eigenvalue weighted by Gasteiger charge is 2.23. The molecule has 33 heavy (non-hydrogen) atoms. The number of amides is 1. The molecule has 0 aliphatic carbocycles. The van der Waals surface area contributed by atoms with Crippen LogP contribution in [0.15, 0.2) is 45.9 Å². The minimum absolute atomic E-state index is 0.111. The molecule has 0 radical (unpaired) electrons. The Labute approximate surface area is 201 Å². The topological polar surface area (TPSA) is 107 Å². The van der Waals surface area contributed by atoms with E-state index >= 15 is 0 Å². The summed E-state index contributed by atoms with van der Waals surface area (Å²) in [4.78, 5) is 42.7. The molecular weight excluding hydrogens is 512 g/mol. The number of methoxy groups -OCH3 is 1. The fourth-order valence-corrected chi connectivity index (χ4v) is 5.41. The van der Waals surface area contributed by atoms with Gasteiger partial charge in [0.05, 0.1) is 22.2 Å². The van der Waals surface area contributed by atoms with Gasteiger partial charge in [-0.1, -0.05) is 27.3 Å². The number of halogens is 1. The number of esters is 1. The van der Waals surface area contributed by atoms with Gasteiger partial charge in [0.15, 0.2) is 4.80 Å². The lowest BCUT2D eigenvalue weighted by molar-refractivity contribution is -0.384. The number of piperidine rings is 1. The number of nitro benzene ring substituents is 1. The maximum Gasteiger partial charge on any atom is 0.325 e. The number of rotatable bonds is 5. The average molecular weight is 533 g/mol. The number of anilines is 1. The molecule has 0 atom stereocenters. The largest absolute Gasteiger partial charge is 0.468 e. The summed E-state index contributed by atoms with van der Waals surface area (Å²) < 4.78 is 8.06. The third kappa shape index (κ3) is 4.98. The normalized spacial score (nSPS) is 14.5.